The highest BCUT2D eigenvalue weighted by atomic mass is 15.4. The van der Waals surface area contributed by atoms with E-state index in [9.17, 15) is 0 Å². The molecule has 114 valence electrons. The van der Waals surface area contributed by atoms with Crippen LogP contribution in [0.3, 0.4) is 0 Å². The van der Waals surface area contributed by atoms with Gasteiger partial charge in [0.15, 0.2) is 5.65 Å². The van der Waals surface area contributed by atoms with Crippen molar-refractivity contribution in [2.24, 2.45) is 0 Å². The van der Waals surface area contributed by atoms with Crippen molar-refractivity contribution in [1.82, 2.24) is 24.4 Å². The fraction of sp³-hybridized carbons (Fsp3) is 0.118. The molecule has 3 heterocycles. The minimum absolute atomic E-state index is 0.772. The molecule has 0 aliphatic heterocycles. The molecule has 0 spiro atoms. The topological polar surface area (TPSA) is 74.0 Å². The van der Waals surface area contributed by atoms with Crippen LogP contribution in [0.2, 0.25) is 0 Å². The Morgan fingerprint density at radius 3 is 2.74 bits per heavy atom. The number of anilines is 1. The van der Waals surface area contributed by atoms with Gasteiger partial charge in [0.05, 0.1) is 11.9 Å². The Hall–Kier alpha value is -3.15. The average Bonchev–Trinajstić information content (AvgIpc) is 3.14. The first-order valence-electron chi connectivity index (χ1n) is 7.35. The number of aryl methyl sites for hydroxylation is 2. The zero-order valence-electron chi connectivity index (χ0n) is 12.9. The summed E-state index contributed by atoms with van der Waals surface area (Å²) in [7, 11) is 0. The van der Waals surface area contributed by atoms with Crippen molar-refractivity contribution in [3.63, 3.8) is 0 Å². The normalized spacial score (nSPS) is 11.2. The number of nitrogens with zero attached hydrogens (tertiary/aromatic N) is 5. The van der Waals surface area contributed by atoms with Crippen LogP contribution in [0.15, 0.2) is 48.9 Å². The lowest BCUT2D eigenvalue weighted by molar-refractivity contribution is 0.801. The first kappa shape index (κ1) is 13.5. The molecule has 4 rings (SSSR count). The van der Waals surface area contributed by atoms with E-state index < -0.39 is 0 Å². The van der Waals surface area contributed by atoms with Gasteiger partial charge in [-0.2, -0.15) is 5.10 Å². The van der Waals surface area contributed by atoms with Gasteiger partial charge >= 0.3 is 0 Å². The third-order valence-electron chi connectivity index (χ3n) is 4.01. The van der Waals surface area contributed by atoms with E-state index in [4.69, 9.17) is 5.73 Å². The molecule has 0 amide bonds. The van der Waals surface area contributed by atoms with E-state index >= 15 is 0 Å². The van der Waals surface area contributed by atoms with Gasteiger partial charge in [-0.3, -0.25) is 4.68 Å². The molecule has 0 atom stereocenters. The molecule has 0 fully saturated rings. The highest BCUT2D eigenvalue weighted by Gasteiger charge is 2.14. The lowest BCUT2D eigenvalue weighted by atomic mass is 10.1. The van der Waals surface area contributed by atoms with Crippen molar-refractivity contribution in [3.8, 4) is 17.1 Å². The highest BCUT2D eigenvalue weighted by molar-refractivity contribution is 5.62. The second-order valence-corrected chi connectivity index (χ2v) is 5.58. The predicted molar refractivity (Wildman–Crippen MR) is 89.4 cm³/mol. The summed E-state index contributed by atoms with van der Waals surface area (Å²) in [6, 6.07) is 9.84. The fourth-order valence-electron chi connectivity index (χ4n) is 2.81. The molecule has 0 aliphatic carbocycles. The Labute approximate surface area is 133 Å². The first-order valence-corrected chi connectivity index (χ1v) is 7.35. The molecule has 0 radical (unpaired) electrons. The molecule has 1 aromatic carbocycles. The van der Waals surface area contributed by atoms with Crippen LogP contribution in [0.4, 0.5) is 5.69 Å². The molecule has 0 unspecified atom stereocenters. The molecule has 0 saturated carbocycles. The Bertz CT molecular complexity index is 997. The molecule has 2 N–H and O–H groups in total. The lowest BCUT2D eigenvalue weighted by Gasteiger charge is -2.13. The van der Waals surface area contributed by atoms with Crippen LogP contribution in [0.5, 0.6) is 0 Å². The zero-order valence-corrected chi connectivity index (χ0v) is 12.9. The highest BCUT2D eigenvalue weighted by Crippen LogP contribution is 2.25. The monoisotopic (exact) mass is 304 g/mol. The van der Waals surface area contributed by atoms with Crippen molar-refractivity contribution in [1.29, 1.82) is 0 Å². The van der Waals surface area contributed by atoms with Crippen LogP contribution < -0.4 is 5.73 Å². The lowest BCUT2D eigenvalue weighted by Crippen LogP contribution is -2.07. The standard InChI is InChI=1S/C17H16N6/c1-11-8-12(2)15(9-13(11)18)22-7-5-17-19-10-16(23(17)22)14-4-3-6-20-21-14/h3-10H,18H2,1-2H3. The molecular formula is C17H16N6. The number of benzene rings is 1. The zero-order chi connectivity index (χ0) is 16.0. The molecule has 0 saturated heterocycles. The van der Waals surface area contributed by atoms with E-state index in [1.807, 2.05) is 52.8 Å². The van der Waals surface area contributed by atoms with Crippen LogP contribution in [-0.4, -0.2) is 24.4 Å². The Morgan fingerprint density at radius 2 is 1.96 bits per heavy atom. The number of aromatic nitrogens is 5. The summed E-state index contributed by atoms with van der Waals surface area (Å²) in [5.41, 5.74) is 12.6. The van der Waals surface area contributed by atoms with E-state index in [2.05, 4.69) is 28.2 Å². The van der Waals surface area contributed by atoms with Crippen LogP contribution in [-0.2, 0) is 0 Å². The number of nitrogens with two attached hydrogens (primary N) is 1. The maximum Gasteiger partial charge on any atom is 0.154 e. The fourth-order valence-corrected chi connectivity index (χ4v) is 2.81. The molecule has 23 heavy (non-hydrogen) atoms. The van der Waals surface area contributed by atoms with Crippen molar-refractivity contribution in [2.75, 3.05) is 5.73 Å². The summed E-state index contributed by atoms with van der Waals surface area (Å²) < 4.78 is 4.05. The summed E-state index contributed by atoms with van der Waals surface area (Å²) in [6.07, 6.45) is 5.45. The van der Waals surface area contributed by atoms with Crippen LogP contribution in [0, 0.1) is 13.8 Å². The van der Waals surface area contributed by atoms with Gasteiger partial charge in [-0.25, -0.2) is 9.50 Å². The maximum atomic E-state index is 6.10. The van der Waals surface area contributed by atoms with Crippen molar-refractivity contribution < 1.29 is 0 Å². The van der Waals surface area contributed by atoms with Gasteiger partial charge in [0.25, 0.3) is 0 Å². The molecular weight excluding hydrogens is 288 g/mol. The van der Waals surface area contributed by atoms with Crippen molar-refractivity contribution in [2.45, 2.75) is 13.8 Å². The van der Waals surface area contributed by atoms with Gasteiger partial charge in [0.1, 0.15) is 11.4 Å². The van der Waals surface area contributed by atoms with Gasteiger partial charge in [-0.05, 0) is 43.2 Å². The number of rotatable bonds is 2. The maximum absolute atomic E-state index is 6.10. The number of hydrogen-bond acceptors (Lipinski definition) is 4. The largest absolute Gasteiger partial charge is 0.398 e. The quantitative estimate of drug-likeness (QED) is 0.578. The minimum Gasteiger partial charge on any atom is -0.398 e. The number of nitrogen functional groups attached to an aromatic ring is 1. The van der Waals surface area contributed by atoms with Gasteiger partial charge < -0.3 is 5.73 Å². The van der Waals surface area contributed by atoms with Crippen molar-refractivity contribution in [3.05, 3.63) is 60.0 Å². The van der Waals surface area contributed by atoms with E-state index in [-0.39, 0.29) is 0 Å². The molecule has 0 aliphatic rings. The molecule has 3 aromatic heterocycles. The SMILES string of the molecule is Cc1cc(C)c(-n2ccc3ncc(-c4cccnn4)n32)cc1N. The van der Waals surface area contributed by atoms with Gasteiger partial charge in [0.2, 0.25) is 0 Å². The molecule has 4 aromatic rings. The van der Waals surface area contributed by atoms with E-state index in [0.29, 0.717) is 0 Å². The summed E-state index contributed by atoms with van der Waals surface area (Å²) in [5.74, 6) is 0. The Kier molecular flexibility index (Phi) is 2.90. The van der Waals surface area contributed by atoms with Crippen molar-refractivity contribution >= 4 is 11.3 Å². The predicted octanol–water partition coefficient (Wildman–Crippen LogP) is 2.78. The Morgan fingerprint density at radius 1 is 1.09 bits per heavy atom. The number of hydrogen-bond donors (Lipinski definition) is 1. The van der Waals surface area contributed by atoms with Crippen LogP contribution >= 0.6 is 0 Å². The molecule has 0 bridgehead atoms. The summed E-state index contributed by atoms with van der Waals surface area (Å²) >= 11 is 0. The van der Waals surface area contributed by atoms with Gasteiger partial charge in [-0.15, -0.1) is 5.10 Å². The van der Waals surface area contributed by atoms with Gasteiger partial charge in [0, 0.05) is 24.1 Å². The summed E-state index contributed by atoms with van der Waals surface area (Å²) in [6.45, 7) is 4.09. The van der Waals surface area contributed by atoms with Gasteiger partial charge in [-0.1, -0.05) is 6.07 Å². The third-order valence-corrected chi connectivity index (χ3v) is 4.01. The van der Waals surface area contributed by atoms with E-state index in [1.165, 1.54) is 0 Å². The Balaban J connectivity index is 1.99. The second kappa shape index (κ2) is 4.95. The third kappa shape index (κ3) is 2.07. The minimum atomic E-state index is 0.772. The first-order chi connectivity index (χ1) is 11.1. The number of fused-ring (bicyclic) bond motifs is 1. The van der Waals surface area contributed by atoms with E-state index in [1.54, 1.807) is 6.20 Å². The second-order valence-electron chi connectivity index (χ2n) is 5.58. The van der Waals surface area contributed by atoms with Crippen LogP contribution in [0.1, 0.15) is 11.1 Å². The van der Waals surface area contributed by atoms with Crippen LogP contribution in [0.25, 0.3) is 22.7 Å². The smallest absolute Gasteiger partial charge is 0.154 e. The summed E-state index contributed by atoms with van der Waals surface area (Å²) in [4.78, 5) is 4.45. The molecule has 6 heteroatoms. The average molecular weight is 304 g/mol. The number of imidazole rings is 1. The van der Waals surface area contributed by atoms with E-state index in [0.717, 1.165) is 39.5 Å². The molecule has 6 nitrogen and oxygen atoms in total. The summed E-state index contributed by atoms with van der Waals surface area (Å²) in [5, 5.41) is 8.15.